The predicted molar refractivity (Wildman–Crippen MR) is 72.5 cm³/mol. The molecule has 0 heterocycles. The highest BCUT2D eigenvalue weighted by Crippen LogP contribution is 2.15. The number of nitrogens with one attached hydrogen (secondary N) is 1. The summed E-state index contributed by atoms with van der Waals surface area (Å²) in [5.74, 6) is -0.432. The van der Waals surface area contributed by atoms with Crippen LogP contribution in [-0.4, -0.2) is 24.4 Å². The van der Waals surface area contributed by atoms with Crippen molar-refractivity contribution in [2.45, 2.75) is 26.8 Å². The Labute approximate surface area is 112 Å². The Kier molecular flexibility index (Phi) is 5.07. The molecule has 100 valence electrons. The lowest BCUT2D eigenvalue weighted by atomic mass is 10.2. The number of nitrogens with zero attached hydrogens (tertiary/aromatic N) is 2. The van der Waals surface area contributed by atoms with E-state index in [4.69, 9.17) is 5.26 Å². The van der Waals surface area contributed by atoms with Crippen LogP contribution in [0.2, 0.25) is 0 Å². The van der Waals surface area contributed by atoms with E-state index in [2.05, 4.69) is 5.32 Å². The summed E-state index contributed by atoms with van der Waals surface area (Å²) in [5, 5.41) is 11.5. The molecule has 5 heteroatoms. The third-order valence-corrected chi connectivity index (χ3v) is 2.44. The van der Waals surface area contributed by atoms with Gasteiger partial charge in [0.1, 0.15) is 6.54 Å². The van der Waals surface area contributed by atoms with Gasteiger partial charge in [-0.3, -0.25) is 9.59 Å². The summed E-state index contributed by atoms with van der Waals surface area (Å²) < 4.78 is 0. The van der Waals surface area contributed by atoms with Crippen LogP contribution in [0.4, 0.5) is 5.69 Å². The highest BCUT2D eigenvalue weighted by molar-refractivity contribution is 5.97. The van der Waals surface area contributed by atoms with Crippen LogP contribution >= 0.6 is 0 Å². The lowest BCUT2D eigenvalue weighted by Gasteiger charge is -2.21. The van der Waals surface area contributed by atoms with Crippen LogP contribution in [0.1, 0.15) is 26.3 Å². The van der Waals surface area contributed by atoms with Crippen LogP contribution in [-0.2, 0) is 9.59 Å². The minimum absolute atomic E-state index is 0.0284. The topological polar surface area (TPSA) is 73.2 Å². The molecule has 1 N–H and O–H groups in total. The van der Waals surface area contributed by atoms with Crippen molar-refractivity contribution in [3.8, 4) is 6.07 Å². The van der Waals surface area contributed by atoms with E-state index in [1.165, 1.54) is 11.8 Å². The van der Waals surface area contributed by atoms with Crippen LogP contribution in [0.25, 0.3) is 0 Å². The third kappa shape index (κ3) is 4.43. The number of carbonyl (C=O) groups excluding carboxylic acids is 2. The van der Waals surface area contributed by atoms with E-state index in [0.29, 0.717) is 11.3 Å². The first kappa shape index (κ1) is 14.7. The molecular formula is C14H17N3O2. The number of benzene rings is 1. The summed E-state index contributed by atoms with van der Waals surface area (Å²) in [6, 6.07) is 8.58. The van der Waals surface area contributed by atoms with Crippen LogP contribution in [0.15, 0.2) is 24.3 Å². The van der Waals surface area contributed by atoms with Crippen LogP contribution in [0.5, 0.6) is 0 Å². The van der Waals surface area contributed by atoms with E-state index in [0.717, 1.165) is 0 Å². The van der Waals surface area contributed by atoms with E-state index in [1.807, 2.05) is 19.9 Å². The zero-order valence-corrected chi connectivity index (χ0v) is 11.3. The Morgan fingerprint density at radius 2 is 1.89 bits per heavy atom. The first-order valence-electron chi connectivity index (χ1n) is 6.01. The van der Waals surface area contributed by atoms with Crippen molar-refractivity contribution >= 4 is 17.5 Å². The molecule has 0 aliphatic carbocycles. The van der Waals surface area contributed by atoms with E-state index >= 15 is 0 Å². The second-order valence-corrected chi connectivity index (χ2v) is 4.49. The van der Waals surface area contributed by atoms with E-state index in [1.54, 1.807) is 24.3 Å². The van der Waals surface area contributed by atoms with Crippen molar-refractivity contribution in [2.24, 2.45) is 0 Å². The Balaban J connectivity index is 2.85. The standard InChI is InChI=1S/C14H17N3O2/c1-10(2)16-14(19)9-17(11(3)18)13-6-4-12(8-15)5-7-13/h4-7,10H,9H2,1-3H3,(H,16,19). The predicted octanol–water partition coefficient (Wildman–Crippen LogP) is 1.44. The zero-order valence-electron chi connectivity index (χ0n) is 11.3. The quantitative estimate of drug-likeness (QED) is 0.889. The number of anilines is 1. The van der Waals surface area contributed by atoms with Crippen LogP contribution in [0, 0.1) is 11.3 Å². The first-order chi connectivity index (χ1) is 8.93. The van der Waals surface area contributed by atoms with Gasteiger partial charge in [0.2, 0.25) is 11.8 Å². The summed E-state index contributed by atoms with van der Waals surface area (Å²) in [6.07, 6.45) is 0. The van der Waals surface area contributed by atoms with Gasteiger partial charge >= 0.3 is 0 Å². The van der Waals surface area contributed by atoms with E-state index in [-0.39, 0.29) is 24.4 Å². The van der Waals surface area contributed by atoms with Crippen LogP contribution in [0.3, 0.4) is 0 Å². The molecule has 2 amide bonds. The monoisotopic (exact) mass is 259 g/mol. The van der Waals surface area contributed by atoms with Gasteiger partial charge in [0.05, 0.1) is 11.6 Å². The molecule has 0 radical (unpaired) electrons. The Morgan fingerprint density at radius 1 is 1.32 bits per heavy atom. The van der Waals surface area contributed by atoms with Crippen molar-refractivity contribution < 1.29 is 9.59 Å². The minimum atomic E-state index is -0.219. The number of nitriles is 1. The third-order valence-electron chi connectivity index (χ3n) is 2.44. The summed E-state index contributed by atoms with van der Waals surface area (Å²) in [6.45, 7) is 5.09. The van der Waals surface area contributed by atoms with Crippen molar-refractivity contribution in [3.05, 3.63) is 29.8 Å². The second-order valence-electron chi connectivity index (χ2n) is 4.49. The molecule has 1 aromatic carbocycles. The number of hydrogen-bond acceptors (Lipinski definition) is 3. The molecule has 19 heavy (non-hydrogen) atoms. The molecule has 0 bridgehead atoms. The van der Waals surface area contributed by atoms with Gasteiger partial charge in [-0.2, -0.15) is 5.26 Å². The highest BCUT2D eigenvalue weighted by atomic mass is 16.2. The molecule has 0 aliphatic rings. The van der Waals surface area contributed by atoms with Gasteiger partial charge in [0.15, 0.2) is 0 Å². The SMILES string of the molecule is CC(=O)N(CC(=O)NC(C)C)c1ccc(C#N)cc1. The molecule has 0 fully saturated rings. The van der Waals surface area contributed by atoms with E-state index < -0.39 is 0 Å². The Bertz CT molecular complexity index is 500. The fourth-order valence-electron chi connectivity index (χ4n) is 1.61. The summed E-state index contributed by atoms with van der Waals surface area (Å²) in [7, 11) is 0. The molecule has 1 aromatic rings. The van der Waals surface area contributed by atoms with Gasteiger partial charge in [-0.05, 0) is 38.1 Å². The molecule has 0 aromatic heterocycles. The summed E-state index contributed by atoms with van der Waals surface area (Å²) in [4.78, 5) is 24.7. The average molecular weight is 259 g/mol. The maximum absolute atomic E-state index is 11.7. The number of rotatable bonds is 4. The van der Waals surface area contributed by atoms with Gasteiger partial charge in [0, 0.05) is 18.7 Å². The molecule has 0 saturated carbocycles. The molecule has 0 spiro atoms. The first-order valence-corrected chi connectivity index (χ1v) is 6.01. The lowest BCUT2D eigenvalue weighted by Crippen LogP contribution is -2.42. The van der Waals surface area contributed by atoms with Crippen molar-refractivity contribution in [3.63, 3.8) is 0 Å². The molecule has 0 unspecified atom stereocenters. The lowest BCUT2D eigenvalue weighted by molar-refractivity contribution is -0.123. The molecular weight excluding hydrogens is 242 g/mol. The van der Waals surface area contributed by atoms with Gasteiger partial charge in [-0.1, -0.05) is 0 Å². The van der Waals surface area contributed by atoms with Gasteiger partial charge < -0.3 is 10.2 Å². The Morgan fingerprint density at radius 3 is 2.32 bits per heavy atom. The van der Waals surface area contributed by atoms with Gasteiger partial charge in [-0.25, -0.2) is 0 Å². The van der Waals surface area contributed by atoms with Crippen molar-refractivity contribution in [1.29, 1.82) is 5.26 Å². The largest absolute Gasteiger partial charge is 0.352 e. The molecule has 0 saturated heterocycles. The Hall–Kier alpha value is -2.35. The van der Waals surface area contributed by atoms with E-state index in [9.17, 15) is 9.59 Å². The minimum Gasteiger partial charge on any atom is -0.352 e. The van der Waals surface area contributed by atoms with Crippen molar-refractivity contribution in [1.82, 2.24) is 5.32 Å². The zero-order chi connectivity index (χ0) is 14.4. The van der Waals surface area contributed by atoms with Crippen molar-refractivity contribution in [2.75, 3.05) is 11.4 Å². The summed E-state index contributed by atoms with van der Waals surface area (Å²) in [5.41, 5.74) is 1.12. The maximum atomic E-state index is 11.7. The molecule has 0 atom stereocenters. The second kappa shape index (κ2) is 6.55. The summed E-state index contributed by atoms with van der Waals surface area (Å²) >= 11 is 0. The normalized spacial score (nSPS) is 9.84. The van der Waals surface area contributed by atoms with Gasteiger partial charge in [0.25, 0.3) is 0 Å². The number of carbonyl (C=O) groups is 2. The number of amides is 2. The average Bonchev–Trinajstić information content (AvgIpc) is 2.35. The molecule has 5 nitrogen and oxygen atoms in total. The number of hydrogen-bond donors (Lipinski definition) is 1. The van der Waals surface area contributed by atoms with Gasteiger partial charge in [-0.15, -0.1) is 0 Å². The highest BCUT2D eigenvalue weighted by Gasteiger charge is 2.16. The molecule has 1 rings (SSSR count). The smallest absolute Gasteiger partial charge is 0.240 e. The fourth-order valence-corrected chi connectivity index (χ4v) is 1.61. The maximum Gasteiger partial charge on any atom is 0.240 e. The fraction of sp³-hybridized carbons (Fsp3) is 0.357. The van der Waals surface area contributed by atoms with Crippen LogP contribution < -0.4 is 10.2 Å². The molecule has 0 aliphatic heterocycles.